The van der Waals surface area contributed by atoms with E-state index < -0.39 is 0 Å². The number of imidazole rings is 1. The van der Waals surface area contributed by atoms with Crippen molar-refractivity contribution in [3.8, 4) is 0 Å². The van der Waals surface area contributed by atoms with E-state index in [-0.39, 0.29) is 28.9 Å². The molecule has 3 fully saturated rings. The quantitative estimate of drug-likeness (QED) is 0.618. The number of carbonyl (C=O) groups excluding carboxylic acids is 1. The number of Topliss-reactive ketones (excluding diaryl/α,β-unsaturated/α-hetero) is 1. The molecule has 1 aromatic carbocycles. The molecule has 0 spiro atoms. The molecule has 4 heteroatoms. The minimum atomic E-state index is -0.160. The second-order valence-electron chi connectivity index (χ2n) is 11.7. The average Bonchev–Trinajstić information content (AvgIpc) is 3.32. The number of hydrogen-bond donors (Lipinski definition) is 1. The number of rotatable bonds is 2. The number of benzene rings is 1. The Morgan fingerprint density at radius 3 is 2.78 bits per heavy atom. The third kappa shape index (κ3) is 2.71. The van der Waals surface area contributed by atoms with Crippen LogP contribution >= 0.6 is 0 Å². The summed E-state index contributed by atoms with van der Waals surface area (Å²) < 4.78 is 2.32. The van der Waals surface area contributed by atoms with Crippen LogP contribution in [0.25, 0.3) is 11.0 Å². The molecule has 3 saturated carbocycles. The van der Waals surface area contributed by atoms with E-state index in [9.17, 15) is 9.90 Å². The minimum Gasteiger partial charge on any atom is -0.393 e. The second kappa shape index (κ2) is 7.03. The Kier molecular flexibility index (Phi) is 4.54. The molecule has 6 rings (SSSR count). The van der Waals surface area contributed by atoms with Gasteiger partial charge in [0.2, 0.25) is 0 Å². The van der Waals surface area contributed by atoms with Crippen molar-refractivity contribution in [2.24, 2.45) is 34.5 Å². The Labute approximate surface area is 191 Å². The van der Waals surface area contributed by atoms with Crippen molar-refractivity contribution in [3.05, 3.63) is 42.2 Å². The number of ketones is 1. The van der Waals surface area contributed by atoms with Gasteiger partial charge in [-0.3, -0.25) is 4.79 Å². The molecular weight excluding hydrogens is 396 g/mol. The summed E-state index contributed by atoms with van der Waals surface area (Å²) >= 11 is 0. The van der Waals surface area contributed by atoms with E-state index in [0.717, 1.165) is 49.6 Å². The predicted molar refractivity (Wildman–Crippen MR) is 126 cm³/mol. The first-order valence-electron chi connectivity index (χ1n) is 12.6. The topological polar surface area (TPSA) is 55.1 Å². The fraction of sp³-hybridized carbons (Fsp3) is 0.643. The lowest BCUT2D eigenvalue weighted by atomic mass is 9.47. The monoisotopic (exact) mass is 432 g/mol. The van der Waals surface area contributed by atoms with E-state index in [0.29, 0.717) is 23.5 Å². The molecule has 170 valence electrons. The maximum Gasteiger partial charge on any atom is 0.135 e. The summed E-state index contributed by atoms with van der Waals surface area (Å²) in [6.45, 7) is 6.72. The summed E-state index contributed by atoms with van der Waals surface area (Å²) in [6.07, 6.45) is 11.7. The molecule has 0 radical (unpaired) electrons. The molecule has 4 nitrogen and oxygen atoms in total. The first kappa shape index (κ1) is 20.7. The van der Waals surface area contributed by atoms with Crippen molar-refractivity contribution in [2.45, 2.75) is 77.9 Å². The zero-order valence-corrected chi connectivity index (χ0v) is 19.6. The zero-order valence-electron chi connectivity index (χ0n) is 19.6. The van der Waals surface area contributed by atoms with Crippen molar-refractivity contribution in [3.63, 3.8) is 0 Å². The number of aliphatic hydroxyl groups is 1. The fourth-order valence-corrected chi connectivity index (χ4v) is 8.91. The van der Waals surface area contributed by atoms with E-state index in [1.165, 1.54) is 12.0 Å². The average molecular weight is 433 g/mol. The van der Waals surface area contributed by atoms with E-state index in [4.69, 9.17) is 0 Å². The van der Waals surface area contributed by atoms with Crippen LogP contribution in [0.2, 0.25) is 0 Å². The smallest absolute Gasteiger partial charge is 0.135 e. The van der Waals surface area contributed by atoms with Crippen LogP contribution < -0.4 is 0 Å². The van der Waals surface area contributed by atoms with Crippen LogP contribution in [0.1, 0.15) is 71.8 Å². The third-order valence-electron chi connectivity index (χ3n) is 10.4. The summed E-state index contributed by atoms with van der Waals surface area (Å²) in [6, 6.07) is 8.53. The van der Waals surface area contributed by atoms with Gasteiger partial charge in [0.1, 0.15) is 5.78 Å². The van der Waals surface area contributed by atoms with Crippen molar-refractivity contribution < 1.29 is 9.90 Å². The maximum atomic E-state index is 13.2. The summed E-state index contributed by atoms with van der Waals surface area (Å²) in [5, 5.41) is 10.3. The van der Waals surface area contributed by atoms with Gasteiger partial charge in [-0.15, -0.1) is 0 Å². The zero-order chi connectivity index (χ0) is 22.3. The molecule has 0 saturated heterocycles. The normalized spacial score (nSPS) is 43.3. The van der Waals surface area contributed by atoms with Crippen LogP contribution in [0.3, 0.4) is 0 Å². The fourth-order valence-electron chi connectivity index (χ4n) is 8.91. The number of aliphatic hydroxyl groups excluding tert-OH is 1. The number of aromatic nitrogens is 2. The third-order valence-corrected chi connectivity index (χ3v) is 10.4. The number of allylic oxidation sites excluding steroid dienone is 1. The standard InChI is InChI=1S/C28H36N2O2/c1-17(31)26-25(30-16-29-23-6-4-5-7-24(23)30)15-22-20-9-8-18-14-19(32)10-12-27(18,2)21(20)11-13-28(22,26)3/h4-8,16,19-22,25-26,32H,9-15H2,1-3H3. The highest BCUT2D eigenvalue weighted by atomic mass is 16.3. The molecule has 2 aromatic rings. The molecule has 8 unspecified atom stereocenters. The van der Waals surface area contributed by atoms with Gasteiger partial charge in [-0.25, -0.2) is 4.98 Å². The van der Waals surface area contributed by atoms with E-state index in [1.807, 2.05) is 19.3 Å². The molecule has 4 aliphatic rings. The van der Waals surface area contributed by atoms with E-state index in [2.05, 4.69) is 47.7 Å². The number of nitrogens with zero attached hydrogens (tertiary/aromatic N) is 2. The molecule has 4 aliphatic carbocycles. The van der Waals surface area contributed by atoms with Gasteiger partial charge in [0.15, 0.2) is 0 Å². The van der Waals surface area contributed by atoms with Gasteiger partial charge < -0.3 is 9.67 Å². The molecule has 0 aliphatic heterocycles. The Hall–Kier alpha value is -1.94. The van der Waals surface area contributed by atoms with Crippen LogP contribution in [-0.2, 0) is 4.79 Å². The van der Waals surface area contributed by atoms with E-state index >= 15 is 0 Å². The first-order valence-corrected chi connectivity index (χ1v) is 12.6. The summed E-state index contributed by atoms with van der Waals surface area (Å²) in [7, 11) is 0. The molecule has 8 atom stereocenters. The van der Waals surface area contributed by atoms with Gasteiger partial charge in [-0.05, 0) is 92.6 Å². The predicted octanol–water partition coefficient (Wildman–Crippen LogP) is 5.72. The van der Waals surface area contributed by atoms with Gasteiger partial charge in [0, 0.05) is 12.0 Å². The largest absolute Gasteiger partial charge is 0.393 e. The van der Waals surface area contributed by atoms with Gasteiger partial charge in [-0.2, -0.15) is 0 Å². The second-order valence-corrected chi connectivity index (χ2v) is 11.7. The van der Waals surface area contributed by atoms with Crippen LogP contribution in [-0.4, -0.2) is 26.5 Å². The Balaban J connectivity index is 1.41. The Bertz CT molecular complexity index is 1100. The summed E-state index contributed by atoms with van der Waals surface area (Å²) in [4.78, 5) is 17.8. The lowest BCUT2D eigenvalue weighted by Gasteiger charge is -2.57. The van der Waals surface area contributed by atoms with Crippen LogP contribution in [0.4, 0.5) is 0 Å². The highest BCUT2D eigenvalue weighted by molar-refractivity contribution is 5.81. The van der Waals surface area contributed by atoms with Crippen molar-refractivity contribution in [1.82, 2.24) is 9.55 Å². The molecule has 1 aromatic heterocycles. The number of fused-ring (bicyclic) bond motifs is 6. The highest BCUT2D eigenvalue weighted by Crippen LogP contribution is 2.68. The van der Waals surface area contributed by atoms with Gasteiger partial charge in [0.25, 0.3) is 0 Å². The van der Waals surface area contributed by atoms with Gasteiger partial charge >= 0.3 is 0 Å². The summed E-state index contributed by atoms with van der Waals surface area (Å²) in [5.74, 6) is 2.27. The first-order chi connectivity index (χ1) is 15.3. The van der Waals surface area contributed by atoms with Crippen molar-refractivity contribution in [1.29, 1.82) is 0 Å². The molecule has 0 bridgehead atoms. The van der Waals surface area contributed by atoms with Crippen LogP contribution in [0.5, 0.6) is 0 Å². The lowest BCUT2D eigenvalue weighted by molar-refractivity contribution is -0.128. The van der Waals surface area contributed by atoms with Crippen molar-refractivity contribution in [2.75, 3.05) is 0 Å². The lowest BCUT2D eigenvalue weighted by Crippen LogP contribution is -2.51. The number of hydrogen-bond acceptors (Lipinski definition) is 3. The number of carbonyl (C=O) groups is 1. The molecular formula is C28H36N2O2. The molecule has 1 heterocycles. The van der Waals surface area contributed by atoms with Crippen LogP contribution in [0, 0.1) is 34.5 Å². The van der Waals surface area contributed by atoms with Gasteiger partial charge in [-0.1, -0.05) is 37.6 Å². The molecule has 0 amide bonds. The van der Waals surface area contributed by atoms with Crippen LogP contribution in [0.15, 0.2) is 42.2 Å². The minimum absolute atomic E-state index is 0.0532. The van der Waals surface area contributed by atoms with Gasteiger partial charge in [0.05, 0.1) is 23.5 Å². The Morgan fingerprint density at radius 1 is 1.16 bits per heavy atom. The number of para-hydroxylation sites is 2. The van der Waals surface area contributed by atoms with E-state index in [1.54, 1.807) is 0 Å². The van der Waals surface area contributed by atoms with Crippen molar-refractivity contribution >= 4 is 16.8 Å². The summed E-state index contributed by atoms with van der Waals surface area (Å²) in [5.41, 5.74) is 3.97. The molecule has 1 N–H and O–H groups in total. The Morgan fingerprint density at radius 2 is 1.97 bits per heavy atom. The molecule has 32 heavy (non-hydrogen) atoms. The highest BCUT2D eigenvalue weighted by Gasteiger charge is 2.62. The maximum absolute atomic E-state index is 13.2. The SMILES string of the molecule is CC(=O)C1C(n2cnc3ccccc32)CC2C3CC=C4CC(O)CCC4(C)C3CCC21C.